The summed E-state index contributed by atoms with van der Waals surface area (Å²) in [7, 11) is 3.15. The Morgan fingerprint density at radius 1 is 1.06 bits per heavy atom. The molecule has 0 N–H and O–H groups in total. The van der Waals surface area contributed by atoms with Gasteiger partial charge < -0.3 is 14.0 Å². The van der Waals surface area contributed by atoms with Crippen LogP contribution >= 0.6 is 11.8 Å². The summed E-state index contributed by atoms with van der Waals surface area (Å²) in [6.45, 7) is 4.88. The SMILES string of the molecule is COc1cccc(-c2noc(CSc3nc4ccccc4c(=O)n3CCC(C)C)n2)c1OC. The molecule has 0 aliphatic heterocycles. The first kappa shape index (κ1) is 22.8. The molecule has 0 aliphatic carbocycles. The summed E-state index contributed by atoms with van der Waals surface area (Å²) < 4.78 is 18.1. The maximum absolute atomic E-state index is 13.1. The number of rotatable bonds is 9. The van der Waals surface area contributed by atoms with Gasteiger partial charge in [0.15, 0.2) is 16.7 Å². The van der Waals surface area contributed by atoms with E-state index in [0.29, 0.717) is 63.1 Å². The number of nitrogens with zero attached hydrogens (tertiary/aromatic N) is 4. The van der Waals surface area contributed by atoms with E-state index in [0.717, 1.165) is 6.42 Å². The maximum Gasteiger partial charge on any atom is 0.262 e. The van der Waals surface area contributed by atoms with Crippen LogP contribution in [0.25, 0.3) is 22.3 Å². The van der Waals surface area contributed by atoms with E-state index in [9.17, 15) is 4.79 Å². The number of aromatic nitrogens is 4. The predicted molar refractivity (Wildman–Crippen MR) is 128 cm³/mol. The predicted octanol–water partition coefficient (Wildman–Crippen LogP) is 4.80. The van der Waals surface area contributed by atoms with E-state index in [4.69, 9.17) is 19.0 Å². The van der Waals surface area contributed by atoms with Crippen molar-refractivity contribution in [3.63, 3.8) is 0 Å². The largest absolute Gasteiger partial charge is 0.493 e. The van der Waals surface area contributed by atoms with Crippen molar-refractivity contribution < 1.29 is 14.0 Å². The molecule has 0 unspecified atom stereocenters. The molecular weight excluding hydrogens is 440 g/mol. The summed E-state index contributed by atoms with van der Waals surface area (Å²) in [4.78, 5) is 22.4. The highest BCUT2D eigenvalue weighted by atomic mass is 32.2. The smallest absolute Gasteiger partial charge is 0.262 e. The summed E-state index contributed by atoms with van der Waals surface area (Å²) in [5.41, 5.74) is 1.32. The molecule has 2 heterocycles. The van der Waals surface area contributed by atoms with E-state index >= 15 is 0 Å². The lowest BCUT2D eigenvalue weighted by molar-refractivity contribution is 0.355. The van der Waals surface area contributed by atoms with Crippen LogP contribution in [0.5, 0.6) is 11.5 Å². The first-order chi connectivity index (χ1) is 16.0. The third kappa shape index (κ3) is 4.88. The Kier molecular flexibility index (Phi) is 6.98. The zero-order valence-corrected chi connectivity index (χ0v) is 19.9. The first-order valence-electron chi connectivity index (χ1n) is 10.7. The molecule has 0 bridgehead atoms. The van der Waals surface area contributed by atoms with E-state index in [1.54, 1.807) is 24.9 Å². The Morgan fingerprint density at radius 2 is 1.88 bits per heavy atom. The molecule has 2 aromatic carbocycles. The van der Waals surface area contributed by atoms with Crippen LogP contribution in [0.3, 0.4) is 0 Å². The molecule has 4 aromatic rings. The molecule has 0 fully saturated rings. The molecule has 0 saturated heterocycles. The minimum atomic E-state index is -0.0314. The summed E-state index contributed by atoms with van der Waals surface area (Å²) in [6.07, 6.45) is 0.883. The second kappa shape index (κ2) is 10.1. The van der Waals surface area contributed by atoms with Crippen molar-refractivity contribution in [2.24, 2.45) is 5.92 Å². The number of para-hydroxylation sites is 2. The molecule has 0 aliphatic rings. The second-order valence-electron chi connectivity index (χ2n) is 7.89. The molecule has 33 heavy (non-hydrogen) atoms. The van der Waals surface area contributed by atoms with Gasteiger partial charge in [-0.05, 0) is 36.6 Å². The average Bonchev–Trinajstić information content (AvgIpc) is 3.30. The fraction of sp³-hybridized carbons (Fsp3) is 0.333. The monoisotopic (exact) mass is 466 g/mol. The van der Waals surface area contributed by atoms with Crippen LogP contribution in [0.15, 0.2) is 56.9 Å². The van der Waals surface area contributed by atoms with Crippen LogP contribution in [-0.2, 0) is 12.3 Å². The van der Waals surface area contributed by atoms with Crippen LogP contribution < -0.4 is 15.0 Å². The van der Waals surface area contributed by atoms with Gasteiger partial charge in [-0.2, -0.15) is 4.98 Å². The van der Waals surface area contributed by atoms with Crippen molar-refractivity contribution >= 4 is 22.7 Å². The Morgan fingerprint density at radius 3 is 2.64 bits per heavy atom. The van der Waals surface area contributed by atoms with Gasteiger partial charge in [-0.3, -0.25) is 9.36 Å². The van der Waals surface area contributed by atoms with Crippen molar-refractivity contribution in [2.45, 2.75) is 37.7 Å². The van der Waals surface area contributed by atoms with Crippen molar-refractivity contribution in [2.75, 3.05) is 14.2 Å². The number of thioether (sulfide) groups is 1. The van der Waals surface area contributed by atoms with Crippen LogP contribution in [0.2, 0.25) is 0 Å². The zero-order valence-electron chi connectivity index (χ0n) is 19.1. The molecule has 0 radical (unpaired) electrons. The molecule has 172 valence electrons. The van der Waals surface area contributed by atoms with Gasteiger partial charge in [-0.15, -0.1) is 0 Å². The molecule has 0 spiro atoms. The fourth-order valence-corrected chi connectivity index (χ4v) is 4.32. The molecule has 0 atom stereocenters. The third-order valence-electron chi connectivity index (χ3n) is 5.19. The van der Waals surface area contributed by atoms with E-state index in [2.05, 4.69) is 24.0 Å². The van der Waals surface area contributed by atoms with Crippen molar-refractivity contribution in [1.82, 2.24) is 19.7 Å². The van der Waals surface area contributed by atoms with Crippen LogP contribution in [0.4, 0.5) is 0 Å². The molecular formula is C24H26N4O4S. The van der Waals surface area contributed by atoms with E-state index < -0.39 is 0 Å². The minimum Gasteiger partial charge on any atom is -0.493 e. The van der Waals surface area contributed by atoms with Gasteiger partial charge in [0.05, 0.1) is 36.4 Å². The number of ether oxygens (including phenoxy) is 2. The minimum absolute atomic E-state index is 0.0314. The standard InChI is InChI=1S/C24H26N4O4S/c1-15(2)12-13-28-23(29)16-8-5-6-10-18(16)25-24(28)33-14-20-26-22(27-32-20)17-9-7-11-19(30-3)21(17)31-4/h5-11,15H,12-14H2,1-4H3. The summed E-state index contributed by atoms with van der Waals surface area (Å²) >= 11 is 1.41. The Labute approximate surface area is 195 Å². The highest BCUT2D eigenvalue weighted by Crippen LogP contribution is 2.36. The summed E-state index contributed by atoms with van der Waals surface area (Å²) in [5.74, 6) is 2.82. The van der Waals surface area contributed by atoms with E-state index in [-0.39, 0.29) is 5.56 Å². The first-order valence-corrected chi connectivity index (χ1v) is 11.7. The van der Waals surface area contributed by atoms with E-state index in [1.807, 2.05) is 36.4 Å². The van der Waals surface area contributed by atoms with Gasteiger partial charge >= 0.3 is 0 Å². The highest BCUT2D eigenvalue weighted by molar-refractivity contribution is 7.98. The number of hydrogen-bond acceptors (Lipinski definition) is 8. The third-order valence-corrected chi connectivity index (χ3v) is 6.15. The lowest BCUT2D eigenvalue weighted by atomic mass is 10.1. The van der Waals surface area contributed by atoms with Gasteiger partial charge in [0, 0.05) is 6.54 Å². The Hall–Kier alpha value is -3.33. The van der Waals surface area contributed by atoms with Gasteiger partial charge in [-0.25, -0.2) is 4.98 Å². The molecule has 2 aromatic heterocycles. The number of hydrogen-bond donors (Lipinski definition) is 0. The average molecular weight is 467 g/mol. The fourth-order valence-electron chi connectivity index (χ4n) is 3.45. The Bertz CT molecular complexity index is 1320. The van der Waals surface area contributed by atoms with Gasteiger partial charge in [0.1, 0.15) is 0 Å². The molecule has 0 amide bonds. The molecule has 0 saturated carbocycles. The quantitative estimate of drug-likeness (QED) is 0.256. The maximum atomic E-state index is 13.1. The van der Waals surface area contributed by atoms with Crippen LogP contribution in [-0.4, -0.2) is 33.9 Å². The van der Waals surface area contributed by atoms with Gasteiger partial charge in [0.2, 0.25) is 11.7 Å². The highest BCUT2D eigenvalue weighted by Gasteiger charge is 2.18. The number of benzene rings is 2. The number of methoxy groups -OCH3 is 2. The second-order valence-corrected chi connectivity index (χ2v) is 8.83. The van der Waals surface area contributed by atoms with Crippen molar-refractivity contribution in [3.05, 3.63) is 58.7 Å². The van der Waals surface area contributed by atoms with Crippen molar-refractivity contribution in [1.29, 1.82) is 0 Å². The Balaban J connectivity index is 1.61. The lowest BCUT2D eigenvalue weighted by Gasteiger charge is -2.13. The van der Waals surface area contributed by atoms with Crippen molar-refractivity contribution in [3.8, 4) is 22.9 Å². The number of fused-ring (bicyclic) bond motifs is 1. The lowest BCUT2D eigenvalue weighted by Crippen LogP contribution is -2.24. The zero-order chi connectivity index (χ0) is 23.4. The summed E-state index contributed by atoms with van der Waals surface area (Å²) in [6, 6.07) is 12.9. The van der Waals surface area contributed by atoms with Gasteiger partial charge in [0.25, 0.3) is 5.56 Å². The summed E-state index contributed by atoms with van der Waals surface area (Å²) in [5, 5.41) is 5.37. The molecule has 8 nitrogen and oxygen atoms in total. The van der Waals surface area contributed by atoms with Crippen LogP contribution in [0.1, 0.15) is 26.2 Å². The van der Waals surface area contributed by atoms with E-state index in [1.165, 1.54) is 11.8 Å². The van der Waals surface area contributed by atoms with Gasteiger partial charge in [-0.1, -0.05) is 49.0 Å². The molecule has 9 heteroatoms. The normalized spacial score (nSPS) is 11.3. The topological polar surface area (TPSA) is 92.3 Å². The molecule has 4 rings (SSSR count). The van der Waals surface area contributed by atoms with Crippen LogP contribution in [0, 0.1) is 5.92 Å².